The van der Waals surface area contributed by atoms with Crippen LogP contribution in [-0.4, -0.2) is 31.5 Å². The van der Waals surface area contributed by atoms with E-state index in [2.05, 4.69) is 0 Å². The van der Waals surface area contributed by atoms with E-state index < -0.39 is 21.5 Å². The molecule has 0 N–H and O–H groups in total. The fraction of sp³-hybridized carbons (Fsp3) is 0.438. The summed E-state index contributed by atoms with van der Waals surface area (Å²) in [4.78, 5) is 37.1. The molecule has 1 aliphatic carbocycles. The van der Waals surface area contributed by atoms with Gasteiger partial charge in [0.1, 0.15) is 5.92 Å². The van der Waals surface area contributed by atoms with Gasteiger partial charge in [0.15, 0.2) is 27.2 Å². The molecule has 1 heterocycles. The molecule has 0 radical (unpaired) electrons. The van der Waals surface area contributed by atoms with Gasteiger partial charge in [-0.05, 0) is 30.5 Å². The van der Waals surface area contributed by atoms with Crippen LogP contribution in [-0.2, 0) is 25.8 Å². The summed E-state index contributed by atoms with van der Waals surface area (Å²) in [5, 5.41) is 0.0485. The maximum Gasteiger partial charge on any atom is 0.182 e. The van der Waals surface area contributed by atoms with Gasteiger partial charge < -0.3 is 0 Å². The molecule has 0 saturated heterocycles. The van der Waals surface area contributed by atoms with Crippen LogP contribution in [0.5, 0.6) is 0 Å². The van der Waals surface area contributed by atoms with Gasteiger partial charge in [-0.25, -0.2) is 8.42 Å². The van der Waals surface area contributed by atoms with Gasteiger partial charge >= 0.3 is 0 Å². The highest BCUT2D eigenvalue weighted by Crippen LogP contribution is 2.36. The molecule has 1 saturated carbocycles. The van der Waals surface area contributed by atoms with Crippen molar-refractivity contribution < 1.29 is 22.8 Å². The summed E-state index contributed by atoms with van der Waals surface area (Å²) in [7, 11) is -3.36. The monoisotopic (exact) mass is 354 g/mol. The minimum Gasteiger partial charge on any atom is -0.298 e. The molecule has 2 aliphatic rings. The fourth-order valence-electron chi connectivity index (χ4n) is 3.18. The van der Waals surface area contributed by atoms with E-state index in [1.807, 2.05) is 0 Å². The van der Waals surface area contributed by atoms with Crippen molar-refractivity contribution in [3.63, 3.8) is 0 Å². The van der Waals surface area contributed by atoms with E-state index in [1.165, 1.54) is 12.1 Å². The third kappa shape index (κ3) is 2.54. The van der Waals surface area contributed by atoms with E-state index in [4.69, 9.17) is 11.6 Å². The number of carbonyl (C=O) groups excluding carboxylic acids is 3. The zero-order chi connectivity index (χ0) is 16.9. The lowest BCUT2D eigenvalue weighted by molar-refractivity contribution is -0.136. The van der Waals surface area contributed by atoms with E-state index in [-0.39, 0.29) is 51.6 Å². The normalized spacial score (nSPS) is 26.2. The summed E-state index contributed by atoms with van der Waals surface area (Å²) >= 11 is 6.22. The minimum absolute atomic E-state index is 0.0436. The number of hydrogen-bond acceptors (Lipinski definition) is 5. The lowest BCUT2D eigenvalue weighted by Crippen LogP contribution is -2.39. The average molecular weight is 355 g/mol. The first-order chi connectivity index (χ1) is 10.7. The maximum absolute atomic E-state index is 12.7. The van der Waals surface area contributed by atoms with E-state index in [0.717, 1.165) is 0 Å². The Morgan fingerprint density at radius 2 is 1.91 bits per heavy atom. The summed E-state index contributed by atoms with van der Waals surface area (Å²) in [6.07, 6.45) is 0.887. The lowest BCUT2D eigenvalue weighted by atomic mass is 9.76. The predicted octanol–water partition coefficient (Wildman–Crippen LogP) is 2.04. The Balaban J connectivity index is 2.05. The van der Waals surface area contributed by atoms with Crippen LogP contribution in [0, 0.1) is 11.8 Å². The molecule has 5 nitrogen and oxygen atoms in total. The van der Waals surface area contributed by atoms with Crippen LogP contribution in [0.4, 0.5) is 0 Å². The molecule has 1 aromatic carbocycles. The topological polar surface area (TPSA) is 85.3 Å². The van der Waals surface area contributed by atoms with E-state index in [0.29, 0.717) is 12.0 Å². The molecule has 7 heteroatoms. The summed E-state index contributed by atoms with van der Waals surface area (Å²) in [6, 6.07) is 2.66. The van der Waals surface area contributed by atoms with Crippen molar-refractivity contribution in [2.45, 2.75) is 31.1 Å². The molecule has 122 valence electrons. The Bertz CT molecular complexity index is 840. The van der Waals surface area contributed by atoms with Crippen molar-refractivity contribution in [2.24, 2.45) is 11.8 Å². The van der Waals surface area contributed by atoms with Gasteiger partial charge in [-0.3, -0.25) is 14.4 Å². The highest BCUT2D eigenvalue weighted by atomic mass is 35.5. The second kappa shape index (κ2) is 5.53. The molecular weight excluding hydrogens is 340 g/mol. The average Bonchev–Trinajstić information content (AvgIpc) is 2.80. The third-order valence-corrected chi connectivity index (χ3v) is 6.83. The van der Waals surface area contributed by atoms with Crippen molar-refractivity contribution in [1.29, 1.82) is 0 Å². The fourth-order valence-corrected chi connectivity index (χ4v) is 5.14. The highest BCUT2D eigenvalue weighted by molar-refractivity contribution is 7.91. The van der Waals surface area contributed by atoms with Gasteiger partial charge in [0.2, 0.25) is 0 Å². The zero-order valence-electron chi connectivity index (χ0n) is 12.5. The second-order valence-electron chi connectivity index (χ2n) is 6.08. The highest BCUT2D eigenvalue weighted by Gasteiger charge is 2.41. The number of Topliss-reactive ketones (excluding diaryl/α,β-unsaturated/α-hetero) is 3. The largest absolute Gasteiger partial charge is 0.298 e. The molecule has 0 bridgehead atoms. The number of ketones is 3. The Kier molecular flexibility index (Phi) is 3.92. The van der Waals surface area contributed by atoms with E-state index in [9.17, 15) is 22.8 Å². The predicted molar refractivity (Wildman–Crippen MR) is 83.4 cm³/mol. The van der Waals surface area contributed by atoms with E-state index >= 15 is 0 Å². The molecular formula is C16H15ClO5S. The SMILES string of the molecule is CC1CCC(=O)C(C(=O)c2ccc3c(c2Cl)CCS3(=O)=O)C1=O. The molecule has 2 unspecified atom stereocenters. The Morgan fingerprint density at radius 3 is 2.61 bits per heavy atom. The molecule has 1 aliphatic heterocycles. The van der Waals surface area contributed by atoms with Crippen LogP contribution in [0.1, 0.15) is 35.7 Å². The Labute approximate surface area is 138 Å². The van der Waals surface area contributed by atoms with Crippen molar-refractivity contribution in [1.82, 2.24) is 0 Å². The second-order valence-corrected chi connectivity index (χ2v) is 8.53. The third-order valence-electron chi connectivity index (χ3n) is 4.60. The molecule has 0 amide bonds. The van der Waals surface area contributed by atoms with E-state index in [1.54, 1.807) is 6.92 Å². The van der Waals surface area contributed by atoms with Crippen molar-refractivity contribution in [2.75, 3.05) is 5.75 Å². The maximum atomic E-state index is 12.7. The van der Waals surface area contributed by atoms with Crippen molar-refractivity contribution >= 4 is 38.8 Å². The van der Waals surface area contributed by atoms with Crippen molar-refractivity contribution in [3.8, 4) is 0 Å². The quantitative estimate of drug-likeness (QED) is 0.599. The van der Waals surface area contributed by atoms with Crippen LogP contribution >= 0.6 is 11.6 Å². The number of rotatable bonds is 2. The number of sulfone groups is 1. The first kappa shape index (κ1) is 16.3. The van der Waals surface area contributed by atoms with Gasteiger partial charge in [0.25, 0.3) is 0 Å². The van der Waals surface area contributed by atoms with Crippen LogP contribution < -0.4 is 0 Å². The molecule has 0 spiro atoms. The van der Waals surface area contributed by atoms with Gasteiger partial charge in [0, 0.05) is 17.9 Å². The summed E-state index contributed by atoms with van der Waals surface area (Å²) < 4.78 is 23.8. The van der Waals surface area contributed by atoms with Gasteiger partial charge in [-0.2, -0.15) is 0 Å². The Hall–Kier alpha value is -1.53. The number of benzene rings is 1. The summed E-state index contributed by atoms with van der Waals surface area (Å²) in [5.74, 6) is -3.08. The van der Waals surface area contributed by atoms with Gasteiger partial charge in [-0.1, -0.05) is 18.5 Å². The van der Waals surface area contributed by atoms with Gasteiger partial charge in [0.05, 0.1) is 15.7 Å². The molecule has 1 aromatic rings. The zero-order valence-corrected chi connectivity index (χ0v) is 14.0. The number of carbonyl (C=O) groups is 3. The lowest BCUT2D eigenvalue weighted by Gasteiger charge is -2.23. The number of fused-ring (bicyclic) bond motifs is 1. The van der Waals surface area contributed by atoms with Crippen LogP contribution in [0.15, 0.2) is 17.0 Å². The number of hydrogen-bond donors (Lipinski definition) is 0. The smallest absolute Gasteiger partial charge is 0.182 e. The molecule has 3 rings (SSSR count). The standard InChI is InChI=1S/C16H15ClO5S/c1-8-2-4-11(18)13(15(8)19)16(20)10-3-5-12-9(14(10)17)6-7-23(12,21)22/h3,5,8,13H,2,4,6-7H2,1H3. The molecule has 1 fully saturated rings. The first-order valence-corrected chi connectivity index (χ1v) is 9.42. The molecule has 23 heavy (non-hydrogen) atoms. The van der Waals surface area contributed by atoms with Crippen LogP contribution in [0.2, 0.25) is 5.02 Å². The van der Waals surface area contributed by atoms with Gasteiger partial charge in [-0.15, -0.1) is 0 Å². The summed E-state index contributed by atoms with van der Waals surface area (Å²) in [5.41, 5.74) is 0.463. The molecule has 2 atom stereocenters. The molecule has 0 aromatic heterocycles. The van der Waals surface area contributed by atoms with Crippen molar-refractivity contribution in [3.05, 3.63) is 28.3 Å². The number of halogens is 1. The van der Waals surface area contributed by atoms with Crippen LogP contribution in [0.25, 0.3) is 0 Å². The first-order valence-electron chi connectivity index (χ1n) is 7.39. The van der Waals surface area contributed by atoms with Crippen LogP contribution in [0.3, 0.4) is 0 Å². The summed E-state index contributed by atoms with van der Waals surface area (Å²) in [6.45, 7) is 1.70. The minimum atomic E-state index is -3.36. The Morgan fingerprint density at radius 1 is 1.22 bits per heavy atom.